The van der Waals surface area contributed by atoms with E-state index in [2.05, 4.69) is 45.1 Å². The number of nitrogens with one attached hydrogen (secondary N) is 1. The van der Waals surface area contributed by atoms with Gasteiger partial charge in [-0.2, -0.15) is 35.6 Å². The second-order valence-electron chi connectivity index (χ2n) is 8.33. The number of nitrogens with zero attached hydrogens (tertiary/aromatic N) is 6. The third-order valence-electron chi connectivity index (χ3n) is 5.25. The molecule has 1 aromatic heterocycles. The monoisotopic (exact) mass is 685 g/mol. The minimum Gasteiger partial charge on any atom is -0.397 e. The number of hydrogen-bond donors (Lipinski definition) is 6. The molecule has 0 aliphatic rings. The summed E-state index contributed by atoms with van der Waals surface area (Å²) >= 11 is 0.469. The lowest BCUT2D eigenvalue weighted by molar-refractivity contribution is -0.432. The molecule has 1 heterocycles. The van der Waals surface area contributed by atoms with Crippen molar-refractivity contribution in [2.75, 3.05) is 16.8 Å². The SMILES string of the molecule is Nc1cc(N)c(N=Nc2cc(SOOO)ccc2S(=O)(=O)O)cc1N=Nc1cc(Nc2cc(F)nc(F)n2)ccc1S(=O)(=O)O. The highest BCUT2D eigenvalue weighted by molar-refractivity contribution is 7.94. The summed E-state index contributed by atoms with van der Waals surface area (Å²) in [6.45, 7) is 0. The molecule has 8 N–H and O–H groups in total. The van der Waals surface area contributed by atoms with Crippen molar-refractivity contribution in [2.45, 2.75) is 14.7 Å². The quantitative estimate of drug-likeness (QED) is 0.0168. The molecule has 0 fully saturated rings. The standard InChI is InChI=1S/C22H17F2N9O9S3/c23-20-9-21(29-22(24)28-20)27-10-1-3-18(44(35,36)37)16(5-10)32-30-14-8-15(13(26)7-12(14)25)31-33-17-6-11(43-42-41-34)2-4-19(17)45(38,39)40/h1-9,34H,25-26H2,(H,27,28,29)(H,35,36,37)(H,38,39,40). The number of nitrogens with two attached hydrogens (primary N) is 2. The van der Waals surface area contributed by atoms with Crippen molar-refractivity contribution >= 4 is 77.9 Å². The Labute approximate surface area is 255 Å². The molecular formula is C22H17F2N9O9S3. The average Bonchev–Trinajstić information content (AvgIpc) is 2.93. The lowest BCUT2D eigenvalue weighted by atomic mass is 10.2. The summed E-state index contributed by atoms with van der Waals surface area (Å²) in [5.41, 5.74) is 10.7. The van der Waals surface area contributed by atoms with Gasteiger partial charge in [-0.25, -0.2) is 5.26 Å². The summed E-state index contributed by atoms with van der Waals surface area (Å²) < 4.78 is 97.8. The van der Waals surface area contributed by atoms with Crippen molar-refractivity contribution in [2.24, 2.45) is 20.5 Å². The fourth-order valence-corrected chi connectivity index (χ4v) is 4.99. The normalized spacial score (nSPS) is 12.3. The first-order valence-corrected chi connectivity index (χ1v) is 15.1. The molecule has 0 aliphatic heterocycles. The first-order valence-electron chi connectivity index (χ1n) is 11.5. The Morgan fingerprint density at radius 1 is 0.756 bits per heavy atom. The molecule has 0 atom stereocenters. The molecule has 0 spiro atoms. The lowest BCUT2D eigenvalue weighted by Crippen LogP contribution is -2.02. The van der Waals surface area contributed by atoms with Crippen LogP contribution in [0, 0.1) is 12.0 Å². The zero-order valence-corrected chi connectivity index (χ0v) is 24.3. The predicted octanol–water partition coefficient (Wildman–Crippen LogP) is 5.42. The highest BCUT2D eigenvalue weighted by atomic mass is 32.2. The van der Waals surface area contributed by atoms with Crippen molar-refractivity contribution in [1.82, 2.24) is 9.97 Å². The number of benzene rings is 3. The summed E-state index contributed by atoms with van der Waals surface area (Å²) in [7, 11) is -9.62. The van der Waals surface area contributed by atoms with Gasteiger partial charge in [0.15, 0.2) is 0 Å². The number of aromatic nitrogens is 2. The summed E-state index contributed by atoms with van der Waals surface area (Å²) in [6, 6.07) is 9.54. The number of nitrogen functional groups attached to an aromatic ring is 2. The third-order valence-corrected chi connectivity index (χ3v) is 7.63. The number of halogens is 2. The van der Waals surface area contributed by atoms with Crippen LogP contribution >= 0.6 is 12.0 Å². The third kappa shape index (κ3) is 8.67. The topological polar surface area (TPSA) is 287 Å². The van der Waals surface area contributed by atoms with Gasteiger partial charge >= 0.3 is 6.08 Å². The molecule has 18 nitrogen and oxygen atoms in total. The van der Waals surface area contributed by atoms with Crippen LogP contribution in [0.3, 0.4) is 0 Å². The first-order chi connectivity index (χ1) is 21.1. The average molecular weight is 686 g/mol. The zero-order valence-electron chi connectivity index (χ0n) is 21.8. The number of anilines is 4. The maximum atomic E-state index is 13.5. The van der Waals surface area contributed by atoms with Crippen LogP contribution in [0.5, 0.6) is 0 Å². The van der Waals surface area contributed by atoms with E-state index in [9.17, 15) is 34.7 Å². The maximum absolute atomic E-state index is 13.5. The molecule has 0 saturated heterocycles. The second kappa shape index (κ2) is 13.5. The van der Waals surface area contributed by atoms with Gasteiger partial charge in [0.25, 0.3) is 20.2 Å². The fourth-order valence-electron chi connectivity index (χ4n) is 3.39. The molecule has 0 aliphatic carbocycles. The molecule has 0 unspecified atom stereocenters. The molecule has 3 aromatic carbocycles. The van der Waals surface area contributed by atoms with Crippen molar-refractivity contribution in [3.05, 3.63) is 66.6 Å². The van der Waals surface area contributed by atoms with E-state index >= 15 is 0 Å². The zero-order chi connectivity index (χ0) is 32.9. The summed E-state index contributed by atoms with van der Waals surface area (Å²) in [4.78, 5) is 5.05. The molecule has 0 saturated carbocycles. The smallest absolute Gasteiger partial charge is 0.313 e. The molecule has 0 amide bonds. The maximum Gasteiger partial charge on any atom is 0.313 e. The lowest BCUT2D eigenvalue weighted by Gasteiger charge is -2.09. The van der Waals surface area contributed by atoms with Gasteiger partial charge in [-0.05, 0) is 48.5 Å². The predicted molar refractivity (Wildman–Crippen MR) is 152 cm³/mol. The summed E-state index contributed by atoms with van der Waals surface area (Å²) in [6.07, 6.45) is -1.37. The Kier molecular flexibility index (Phi) is 9.94. The van der Waals surface area contributed by atoms with Gasteiger partial charge in [0, 0.05) is 16.6 Å². The second-order valence-corrected chi connectivity index (χ2v) is 11.9. The van der Waals surface area contributed by atoms with Crippen LogP contribution in [0.15, 0.2) is 89.7 Å². The summed E-state index contributed by atoms with van der Waals surface area (Å²) in [5.74, 6) is -1.51. The van der Waals surface area contributed by atoms with Crippen molar-refractivity contribution in [3.8, 4) is 0 Å². The highest BCUT2D eigenvalue weighted by Crippen LogP contribution is 2.38. The van der Waals surface area contributed by atoms with Crippen molar-refractivity contribution in [1.29, 1.82) is 0 Å². The Morgan fingerprint density at radius 2 is 1.31 bits per heavy atom. The van der Waals surface area contributed by atoms with Crippen LogP contribution in [-0.4, -0.2) is 41.2 Å². The largest absolute Gasteiger partial charge is 0.397 e. The van der Waals surface area contributed by atoms with E-state index in [1.165, 1.54) is 12.1 Å². The summed E-state index contributed by atoms with van der Waals surface area (Å²) in [5, 5.41) is 29.8. The number of azo groups is 2. The molecule has 0 radical (unpaired) electrons. The van der Waals surface area contributed by atoms with Crippen LogP contribution in [0.1, 0.15) is 0 Å². The molecule has 45 heavy (non-hydrogen) atoms. The minimum atomic E-state index is -4.84. The van der Waals surface area contributed by atoms with Crippen LogP contribution in [-0.2, 0) is 29.6 Å². The van der Waals surface area contributed by atoms with E-state index < -0.39 is 47.7 Å². The first kappa shape index (κ1) is 33.1. The van der Waals surface area contributed by atoms with E-state index in [0.29, 0.717) is 12.0 Å². The van der Waals surface area contributed by atoms with E-state index in [4.69, 9.17) is 16.7 Å². The van der Waals surface area contributed by atoms with Gasteiger partial charge in [0.1, 0.15) is 38.4 Å². The van der Waals surface area contributed by atoms with Gasteiger partial charge in [-0.15, -0.1) is 24.8 Å². The van der Waals surface area contributed by atoms with Crippen molar-refractivity contribution < 1.29 is 49.4 Å². The van der Waals surface area contributed by atoms with E-state index in [-0.39, 0.29) is 44.8 Å². The van der Waals surface area contributed by atoms with E-state index in [1.807, 2.05) is 0 Å². The minimum absolute atomic E-state index is 0.0274. The Hall–Kier alpha value is -4.75. The van der Waals surface area contributed by atoms with Gasteiger partial charge in [0.2, 0.25) is 5.95 Å². The van der Waals surface area contributed by atoms with E-state index in [1.54, 1.807) is 0 Å². The molecule has 236 valence electrons. The molecule has 23 heteroatoms. The van der Waals surface area contributed by atoms with Gasteiger partial charge in [-0.1, -0.05) is 5.04 Å². The van der Waals surface area contributed by atoms with Gasteiger partial charge in [0.05, 0.1) is 23.4 Å². The van der Waals surface area contributed by atoms with Crippen LogP contribution < -0.4 is 16.8 Å². The van der Waals surface area contributed by atoms with Gasteiger partial charge in [-0.3, -0.25) is 9.11 Å². The molecular weight excluding hydrogens is 668 g/mol. The van der Waals surface area contributed by atoms with Crippen LogP contribution in [0.25, 0.3) is 0 Å². The van der Waals surface area contributed by atoms with Crippen LogP contribution in [0.2, 0.25) is 0 Å². The van der Waals surface area contributed by atoms with E-state index in [0.717, 1.165) is 42.5 Å². The Balaban J connectivity index is 1.71. The highest BCUT2D eigenvalue weighted by Gasteiger charge is 2.19. The Morgan fingerprint density at radius 3 is 1.87 bits per heavy atom. The molecule has 0 bridgehead atoms. The number of hydrogen-bond acceptors (Lipinski definition) is 17. The number of rotatable bonds is 11. The Bertz CT molecular complexity index is 2030. The van der Waals surface area contributed by atoms with Gasteiger partial charge < -0.3 is 16.8 Å². The fraction of sp³-hybridized carbons (Fsp3) is 0. The molecule has 4 aromatic rings. The van der Waals surface area contributed by atoms with Crippen molar-refractivity contribution in [3.63, 3.8) is 0 Å². The van der Waals surface area contributed by atoms with Crippen LogP contribution in [0.4, 0.5) is 54.4 Å². The molecule has 4 rings (SSSR count).